The summed E-state index contributed by atoms with van der Waals surface area (Å²) in [5.41, 5.74) is 3.51. The molecule has 0 bridgehead atoms. The van der Waals surface area contributed by atoms with Gasteiger partial charge in [0.05, 0.1) is 33.1 Å². The lowest BCUT2D eigenvalue weighted by Gasteiger charge is -2.19. The molecule has 1 saturated carbocycles. The second-order valence-corrected chi connectivity index (χ2v) is 10.2. The second kappa shape index (κ2) is 12.9. The summed E-state index contributed by atoms with van der Waals surface area (Å²) in [6.45, 7) is 1.96. The van der Waals surface area contributed by atoms with Crippen molar-refractivity contribution in [2.75, 3.05) is 33.2 Å². The van der Waals surface area contributed by atoms with Crippen molar-refractivity contribution in [2.45, 2.75) is 70.4 Å². The van der Waals surface area contributed by atoms with Crippen LogP contribution in [0.2, 0.25) is 0 Å². The minimum Gasteiger partial charge on any atom is -0.493 e. The van der Waals surface area contributed by atoms with Gasteiger partial charge in [-0.3, -0.25) is 14.4 Å². The molecule has 2 aromatic rings. The van der Waals surface area contributed by atoms with E-state index in [1.165, 1.54) is 19.8 Å². The molecule has 210 valence electrons. The van der Waals surface area contributed by atoms with Gasteiger partial charge in [-0.2, -0.15) is 0 Å². The van der Waals surface area contributed by atoms with Crippen LogP contribution in [0.15, 0.2) is 29.1 Å². The normalized spacial score (nSPS) is 16.4. The van der Waals surface area contributed by atoms with Gasteiger partial charge in [0.25, 0.3) is 0 Å². The van der Waals surface area contributed by atoms with E-state index >= 15 is 0 Å². The number of nitrogens with one attached hydrogen (secondary N) is 3. The Balaban J connectivity index is 1.65. The molecule has 1 fully saturated rings. The average Bonchev–Trinajstić information content (AvgIpc) is 3.32. The maximum absolute atomic E-state index is 13.4. The van der Waals surface area contributed by atoms with Crippen molar-refractivity contribution >= 4 is 17.5 Å². The first-order valence-electron chi connectivity index (χ1n) is 13.7. The molecule has 0 aliphatic heterocycles. The molecule has 9 nitrogen and oxygen atoms in total. The van der Waals surface area contributed by atoms with Crippen molar-refractivity contribution in [1.82, 2.24) is 10.6 Å². The Morgan fingerprint density at radius 2 is 1.69 bits per heavy atom. The number of hydrogen-bond donors (Lipinski definition) is 3. The summed E-state index contributed by atoms with van der Waals surface area (Å²) in [5.74, 6) is 1.41. The molecular formula is C30H39N3O6. The van der Waals surface area contributed by atoms with E-state index in [0.717, 1.165) is 29.5 Å². The van der Waals surface area contributed by atoms with Crippen LogP contribution in [-0.4, -0.2) is 45.7 Å². The van der Waals surface area contributed by atoms with E-state index in [0.29, 0.717) is 66.8 Å². The van der Waals surface area contributed by atoms with Crippen molar-refractivity contribution in [1.29, 1.82) is 0 Å². The van der Waals surface area contributed by atoms with Gasteiger partial charge in [-0.25, -0.2) is 0 Å². The summed E-state index contributed by atoms with van der Waals surface area (Å²) in [6, 6.07) is 7.11. The Morgan fingerprint density at radius 3 is 2.36 bits per heavy atom. The highest BCUT2D eigenvalue weighted by molar-refractivity contribution is 5.83. The second-order valence-electron chi connectivity index (χ2n) is 10.2. The van der Waals surface area contributed by atoms with E-state index in [2.05, 4.69) is 16.0 Å². The summed E-state index contributed by atoms with van der Waals surface area (Å²) in [4.78, 5) is 37.7. The lowest BCUT2D eigenvalue weighted by atomic mass is 9.95. The summed E-state index contributed by atoms with van der Waals surface area (Å²) in [7, 11) is 4.71. The van der Waals surface area contributed by atoms with Gasteiger partial charge in [-0.15, -0.1) is 0 Å². The van der Waals surface area contributed by atoms with Crippen molar-refractivity contribution in [2.24, 2.45) is 0 Å². The minimum absolute atomic E-state index is 0.0580. The van der Waals surface area contributed by atoms with Crippen LogP contribution in [0, 0.1) is 0 Å². The Hall–Kier alpha value is -3.75. The fourth-order valence-electron chi connectivity index (χ4n) is 5.70. The SMILES string of the molecule is COc1cc2c(c(OC)c1OC)-c1ccc(NCCCC(=O)NC3CCCC3)c(=O)cc1[C@@H](NC(C)=O)CC2. The molecule has 4 rings (SSSR count). The molecule has 3 N–H and O–H groups in total. The van der Waals surface area contributed by atoms with Crippen LogP contribution in [0.4, 0.5) is 5.69 Å². The summed E-state index contributed by atoms with van der Waals surface area (Å²) in [6.07, 6.45) is 6.71. The van der Waals surface area contributed by atoms with E-state index < -0.39 is 0 Å². The number of ether oxygens (including phenoxy) is 3. The van der Waals surface area contributed by atoms with Crippen LogP contribution in [0.3, 0.4) is 0 Å². The molecule has 2 aliphatic carbocycles. The van der Waals surface area contributed by atoms with Crippen molar-refractivity contribution in [3.8, 4) is 28.4 Å². The fraction of sp³-hybridized carbons (Fsp3) is 0.500. The smallest absolute Gasteiger partial charge is 0.220 e. The molecule has 9 heteroatoms. The monoisotopic (exact) mass is 537 g/mol. The van der Waals surface area contributed by atoms with Crippen LogP contribution >= 0.6 is 0 Å². The number of rotatable bonds is 10. The third-order valence-electron chi connectivity index (χ3n) is 7.53. The summed E-state index contributed by atoms with van der Waals surface area (Å²) < 4.78 is 17.0. The summed E-state index contributed by atoms with van der Waals surface area (Å²) >= 11 is 0. The van der Waals surface area contributed by atoms with Gasteiger partial charge in [0.2, 0.25) is 23.0 Å². The van der Waals surface area contributed by atoms with E-state index in [-0.39, 0.29) is 23.3 Å². The number of benzene rings is 1. The number of hydrogen-bond acceptors (Lipinski definition) is 7. The highest BCUT2D eigenvalue weighted by atomic mass is 16.5. The predicted molar refractivity (Wildman–Crippen MR) is 151 cm³/mol. The number of anilines is 1. The number of methoxy groups -OCH3 is 3. The van der Waals surface area contributed by atoms with Gasteiger partial charge < -0.3 is 30.2 Å². The van der Waals surface area contributed by atoms with Gasteiger partial charge in [-0.1, -0.05) is 18.9 Å². The first-order valence-corrected chi connectivity index (χ1v) is 13.7. The third kappa shape index (κ3) is 6.46. The molecule has 0 aromatic heterocycles. The number of carbonyl (C=O) groups is 2. The van der Waals surface area contributed by atoms with Crippen molar-refractivity contribution in [3.05, 3.63) is 45.6 Å². The molecule has 2 aliphatic rings. The fourth-order valence-corrected chi connectivity index (χ4v) is 5.70. The highest BCUT2D eigenvalue weighted by Crippen LogP contribution is 2.50. The quantitative estimate of drug-likeness (QED) is 0.391. The van der Waals surface area contributed by atoms with Crippen LogP contribution in [0.25, 0.3) is 11.1 Å². The lowest BCUT2D eigenvalue weighted by Crippen LogP contribution is -2.32. The lowest BCUT2D eigenvalue weighted by molar-refractivity contribution is -0.122. The standard InChI is InChI=1S/C30H39N3O6/c1-18(34)32-23-13-11-19-16-26(37-2)29(38-3)30(39-4)28(19)21-12-14-24(25(35)17-22(21)23)31-15-7-10-27(36)33-20-8-5-6-9-20/h12,14,16-17,20,23H,5-11,13,15H2,1-4H3,(H,31,35)(H,32,34)(H,33,36)/t23-/m0/s1. The molecule has 0 heterocycles. The molecule has 2 amide bonds. The highest BCUT2D eigenvalue weighted by Gasteiger charge is 2.29. The Labute approximate surface area is 229 Å². The van der Waals surface area contributed by atoms with Crippen molar-refractivity contribution in [3.63, 3.8) is 0 Å². The maximum Gasteiger partial charge on any atom is 0.220 e. The van der Waals surface area contributed by atoms with Gasteiger partial charge in [0.15, 0.2) is 11.5 Å². The molecule has 39 heavy (non-hydrogen) atoms. The first-order chi connectivity index (χ1) is 18.9. The predicted octanol–water partition coefficient (Wildman–Crippen LogP) is 4.11. The van der Waals surface area contributed by atoms with E-state index in [9.17, 15) is 14.4 Å². The summed E-state index contributed by atoms with van der Waals surface area (Å²) in [5, 5.41) is 9.33. The largest absolute Gasteiger partial charge is 0.493 e. The number of aryl methyl sites for hydroxylation is 1. The van der Waals surface area contributed by atoms with E-state index in [1.54, 1.807) is 33.5 Å². The maximum atomic E-state index is 13.4. The zero-order valence-corrected chi connectivity index (χ0v) is 23.3. The number of amides is 2. The number of fused-ring (bicyclic) bond motifs is 3. The van der Waals surface area contributed by atoms with Crippen LogP contribution in [0.1, 0.15) is 69.0 Å². The molecule has 0 spiro atoms. The van der Waals surface area contributed by atoms with Gasteiger partial charge in [-0.05, 0) is 67.0 Å². The number of carbonyl (C=O) groups excluding carboxylic acids is 2. The first kappa shape index (κ1) is 28.3. The Bertz CT molecular complexity index is 1270. The van der Waals surface area contributed by atoms with E-state index in [1.807, 2.05) is 12.1 Å². The van der Waals surface area contributed by atoms with Gasteiger partial charge in [0, 0.05) is 31.5 Å². The molecule has 2 aromatic carbocycles. The zero-order valence-electron chi connectivity index (χ0n) is 23.3. The Morgan fingerprint density at radius 1 is 0.949 bits per heavy atom. The molecule has 0 saturated heterocycles. The molecular weight excluding hydrogens is 498 g/mol. The van der Waals surface area contributed by atoms with E-state index in [4.69, 9.17) is 14.2 Å². The molecule has 0 unspecified atom stereocenters. The van der Waals surface area contributed by atoms with Crippen LogP contribution < -0.4 is 35.6 Å². The minimum atomic E-state index is -0.362. The zero-order chi connectivity index (χ0) is 27.9. The van der Waals surface area contributed by atoms with Crippen LogP contribution in [0.5, 0.6) is 17.2 Å². The van der Waals surface area contributed by atoms with Crippen LogP contribution in [-0.2, 0) is 16.0 Å². The molecule has 0 radical (unpaired) electrons. The average molecular weight is 538 g/mol. The topological polar surface area (TPSA) is 115 Å². The van der Waals surface area contributed by atoms with Gasteiger partial charge in [0.1, 0.15) is 0 Å². The van der Waals surface area contributed by atoms with Gasteiger partial charge >= 0.3 is 0 Å². The van der Waals surface area contributed by atoms with Crippen molar-refractivity contribution < 1.29 is 23.8 Å². The third-order valence-corrected chi connectivity index (χ3v) is 7.53. The molecule has 1 atom stereocenters. The Kier molecular flexibility index (Phi) is 9.32.